The number of aromatic nitrogens is 2. The number of carbonyl (C=O) groups is 4. The van der Waals surface area contributed by atoms with E-state index in [1.165, 1.54) is 17.0 Å². The zero-order chi connectivity index (χ0) is 33.4. The maximum absolute atomic E-state index is 15.7. The van der Waals surface area contributed by atoms with Crippen LogP contribution in [0.25, 0.3) is 0 Å². The second-order valence-electron chi connectivity index (χ2n) is 11.7. The van der Waals surface area contributed by atoms with Gasteiger partial charge in [0.25, 0.3) is 0 Å². The Labute approximate surface area is 269 Å². The number of likely N-dealkylation sites (N-methyl/N-ethyl adjacent to an activating group) is 1. The van der Waals surface area contributed by atoms with Gasteiger partial charge >= 0.3 is 0 Å². The van der Waals surface area contributed by atoms with Crippen LogP contribution in [0.4, 0.5) is 15.9 Å². The predicted octanol–water partition coefficient (Wildman–Crippen LogP) is 3.59. The first kappa shape index (κ1) is 34.3. The van der Waals surface area contributed by atoms with Gasteiger partial charge in [0.05, 0.1) is 11.9 Å². The molecule has 2 heterocycles. The van der Waals surface area contributed by atoms with Crippen molar-refractivity contribution in [3.8, 4) is 0 Å². The van der Waals surface area contributed by atoms with Crippen LogP contribution in [0, 0.1) is 5.82 Å². The van der Waals surface area contributed by atoms with Crippen molar-refractivity contribution >= 4 is 35.6 Å². The van der Waals surface area contributed by atoms with Gasteiger partial charge in [-0.2, -0.15) is 5.10 Å². The van der Waals surface area contributed by atoms with E-state index in [4.69, 9.17) is 0 Å². The van der Waals surface area contributed by atoms with Crippen molar-refractivity contribution in [2.75, 3.05) is 43.4 Å². The molecule has 0 spiro atoms. The second kappa shape index (κ2) is 15.6. The Hall–Kier alpha value is -4.58. The summed E-state index contributed by atoms with van der Waals surface area (Å²) in [5, 5.41) is 9.79. The third kappa shape index (κ3) is 7.79. The van der Waals surface area contributed by atoms with E-state index in [2.05, 4.69) is 20.6 Å². The topological polar surface area (TPSA) is 120 Å². The zero-order valence-electron chi connectivity index (χ0n) is 27.1. The van der Waals surface area contributed by atoms with Gasteiger partial charge in [-0.05, 0) is 37.2 Å². The average Bonchev–Trinajstić information content (AvgIpc) is 3.55. The van der Waals surface area contributed by atoms with Gasteiger partial charge in [-0.15, -0.1) is 0 Å². The van der Waals surface area contributed by atoms with Gasteiger partial charge in [0.15, 0.2) is 0 Å². The Morgan fingerprint density at radius 2 is 1.67 bits per heavy atom. The summed E-state index contributed by atoms with van der Waals surface area (Å²) in [5.74, 6) is -2.33. The molecule has 1 aliphatic rings. The molecule has 2 N–H and O–H groups in total. The van der Waals surface area contributed by atoms with Gasteiger partial charge < -0.3 is 20.4 Å². The van der Waals surface area contributed by atoms with Gasteiger partial charge in [0.1, 0.15) is 23.7 Å². The molecule has 4 atom stereocenters. The van der Waals surface area contributed by atoms with Crippen molar-refractivity contribution in [2.24, 2.45) is 0 Å². The maximum Gasteiger partial charge on any atom is 0.248 e. The number of piperazine rings is 1. The van der Waals surface area contributed by atoms with E-state index in [0.29, 0.717) is 37.4 Å². The first-order valence-electron chi connectivity index (χ1n) is 15.8. The summed E-state index contributed by atoms with van der Waals surface area (Å²) in [6, 6.07) is 13.4. The Kier molecular flexibility index (Phi) is 11.6. The molecule has 4 rings (SSSR count). The molecule has 0 saturated carbocycles. The molecule has 4 amide bonds. The molecule has 11 nitrogen and oxygen atoms in total. The van der Waals surface area contributed by atoms with Crippen LogP contribution in [-0.2, 0) is 25.7 Å². The lowest BCUT2D eigenvalue weighted by Gasteiger charge is -2.36. The molecule has 3 aromatic rings. The predicted molar refractivity (Wildman–Crippen MR) is 175 cm³/mol. The van der Waals surface area contributed by atoms with Crippen molar-refractivity contribution in [3.05, 3.63) is 77.7 Å². The molecule has 2 aromatic carbocycles. The molecule has 0 radical (unpaired) electrons. The normalized spacial score (nSPS) is 16.2. The minimum absolute atomic E-state index is 0.0689. The lowest BCUT2D eigenvalue weighted by molar-refractivity contribution is -0.138. The minimum Gasteiger partial charge on any atom is -0.344 e. The molecule has 1 fully saturated rings. The number of hydrogen-bond donors (Lipinski definition) is 2. The molecule has 0 unspecified atom stereocenters. The standard InChI is InChI=1S/C34H44FN7O4/c1-6-29(44)38-31(34(46)40-19-17-39(5)18-20-40)23(3)26-13-14-28(27(35)21-26)37-33(45)32(24(4)25-11-9-8-10-12-25)41(22-43)30-15-16-36-42(30)7-2/h8-16,21-24,31-32H,6-7,17-20H2,1-5H3,(H,37,45)(H,38,44)/t23-,24-,31+,32-/m0/s1. The molecule has 0 aliphatic carbocycles. The van der Waals surface area contributed by atoms with Crippen molar-refractivity contribution in [1.82, 2.24) is 24.9 Å². The highest BCUT2D eigenvalue weighted by atomic mass is 19.1. The van der Waals surface area contributed by atoms with E-state index in [1.807, 2.05) is 51.2 Å². The molecule has 12 heteroatoms. The number of amides is 4. The van der Waals surface area contributed by atoms with Gasteiger partial charge in [0.2, 0.25) is 24.1 Å². The van der Waals surface area contributed by atoms with Gasteiger partial charge in [-0.3, -0.25) is 24.1 Å². The molecule has 0 bridgehead atoms. The van der Waals surface area contributed by atoms with Gasteiger partial charge in [-0.1, -0.05) is 57.2 Å². The van der Waals surface area contributed by atoms with Crippen LogP contribution in [0.3, 0.4) is 0 Å². The summed E-state index contributed by atoms with van der Waals surface area (Å²) in [6.45, 7) is 10.2. The first-order valence-corrected chi connectivity index (χ1v) is 15.8. The van der Waals surface area contributed by atoms with E-state index in [-0.39, 0.29) is 23.9 Å². The van der Waals surface area contributed by atoms with Crippen LogP contribution in [0.1, 0.15) is 57.1 Å². The first-order chi connectivity index (χ1) is 22.1. The van der Waals surface area contributed by atoms with E-state index in [9.17, 15) is 19.2 Å². The van der Waals surface area contributed by atoms with E-state index in [0.717, 1.165) is 18.7 Å². The Morgan fingerprint density at radius 3 is 2.28 bits per heavy atom. The number of carbonyl (C=O) groups excluding carboxylic acids is 4. The Bertz CT molecular complexity index is 1510. The summed E-state index contributed by atoms with van der Waals surface area (Å²) in [7, 11) is 1.99. The molecule has 1 aliphatic heterocycles. The number of hydrogen-bond acceptors (Lipinski definition) is 6. The number of rotatable bonds is 13. The highest BCUT2D eigenvalue weighted by molar-refractivity contribution is 6.01. The fourth-order valence-electron chi connectivity index (χ4n) is 5.80. The quantitative estimate of drug-likeness (QED) is 0.278. The van der Waals surface area contributed by atoms with Gasteiger partial charge in [0, 0.05) is 57.0 Å². The van der Waals surface area contributed by atoms with Crippen LogP contribution in [-0.4, -0.2) is 89.0 Å². The fourth-order valence-corrected chi connectivity index (χ4v) is 5.80. The number of aryl methyl sites for hydroxylation is 1. The van der Waals surface area contributed by atoms with Crippen LogP contribution >= 0.6 is 0 Å². The van der Waals surface area contributed by atoms with Crippen LogP contribution in [0.2, 0.25) is 0 Å². The Balaban J connectivity index is 1.61. The SMILES string of the molecule is CCC(=O)N[C@@H](C(=O)N1CCN(C)CC1)[C@@H](C)c1ccc(NC(=O)[C@H]([C@@H](C)c2ccccc2)N(C=O)c2ccnn2CC)c(F)c1. The number of benzene rings is 2. The lowest BCUT2D eigenvalue weighted by atomic mass is 9.90. The summed E-state index contributed by atoms with van der Waals surface area (Å²) in [5.41, 5.74) is 1.25. The van der Waals surface area contributed by atoms with Gasteiger partial charge in [-0.25, -0.2) is 9.07 Å². The smallest absolute Gasteiger partial charge is 0.248 e. The third-order valence-electron chi connectivity index (χ3n) is 8.73. The summed E-state index contributed by atoms with van der Waals surface area (Å²) >= 11 is 0. The van der Waals surface area contributed by atoms with Crippen molar-refractivity contribution in [2.45, 2.75) is 64.6 Å². The van der Waals surface area contributed by atoms with Crippen LogP contribution in [0.5, 0.6) is 0 Å². The number of halogens is 1. The number of nitrogens with zero attached hydrogens (tertiary/aromatic N) is 5. The molecule has 246 valence electrons. The summed E-state index contributed by atoms with van der Waals surface area (Å²) in [6.07, 6.45) is 2.36. The Morgan fingerprint density at radius 1 is 0.978 bits per heavy atom. The number of nitrogens with one attached hydrogen (secondary N) is 2. The van der Waals surface area contributed by atoms with E-state index < -0.39 is 35.6 Å². The highest BCUT2D eigenvalue weighted by Crippen LogP contribution is 2.30. The van der Waals surface area contributed by atoms with Crippen molar-refractivity contribution < 1.29 is 23.6 Å². The second-order valence-corrected chi connectivity index (χ2v) is 11.7. The molecule has 1 aromatic heterocycles. The number of anilines is 2. The molecular formula is C34H44FN7O4. The van der Waals surface area contributed by atoms with E-state index >= 15 is 4.39 Å². The van der Waals surface area contributed by atoms with Crippen molar-refractivity contribution in [1.29, 1.82) is 0 Å². The minimum atomic E-state index is -1.03. The van der Waals surface area contributed by atoms with Crippen LogP contribution < -0.4 is 15.5 Å². The third-order valence-corrected chi connectivity index (χ3v) is 8.73. The average molecular weight is 634 g/mol. The maximum atomic E-state index is 15.7. The summed E-state index contributed by atoms with van der Waals surface area (Å²) in [4.78, 5) is 57.6. The molecule has 46 heavy (non-hydrogen) atoms. The fraction of sp³-hybridized carbons (Fsp3) is 0.441. The monoisotopic (exact) mass is 633 g/mol. The largest absolute Gasteiger partial charge is 0.344 e. The van der Waals surface area contributed by atoms with E-state index in [1.54, 1.807) is 41.8 Å². The lowest BCUT2D eigenvalue weighted by Crippen LogP contribution is -2.55. The van der Waals surface area contributed by atoms with Crippen molar-refractivity contribution in [3.63, 3.8) is 0 Å². The molecular weight excluding hydrogens is 589 g/mol. The van der Waals surface area contributed by atoms with Crippen LogP contribution in [0.15, 0.2) is 60.8 Å². The highest BCUT2D eigenvalue weighted by Gasteiger charge is 2.36. The summed E-state index contributed by atoms with van der Waals surface area (Å²) < 4.78 is 17.3. The zero-order valence-corrected chi connectivity index (χ0v) is 27.1. The molecule has 1 saturated heterocycles.